The van der Waals surface area contributed by atoms with Crippen molar-refractivity contribution in [1.82, 2.24) is 40.4 Å². The minimum Gasteiger partial charge on any atom is -0.488 e. The van der Waals surface area contributed by atoms with E-state index in [1.54, 1.807) is 43.9 Å². The molecule has 3 aliphatic rings. The Morgan fingerprint density at radius 2 is 1.58 bits per heavy atom. The molecule has 2 saturated heterocycles. The highest BCUT2D eigenvalue weighted by Crippen LogP contribution is 2.44. The maximum Gasteiger partial charge on any atom is 0.407 e. The molecule has 8 atom stereocenters. The first-order valence-corrected chi connectivity index (χ1v) is 21.9. The van der Waals surface area contributed by atoms with Crippen molar-refractivity contribution in [2.45, 2.75) is 89.9 Å². The molecule has 0 spiro atoms. The van der Waals surface area contributed by atoms with Gasteiger partial charge in [0.05, 0.1) is 60.9 Å². The van der Waals surface area contributed by atoms with Crippen molar-refractivity contribution in [3.05, 3.63) is 65.9 Å². The number of rotatable bonds is 14. The van der Waals surface area contributed by atoms with E-state index in [0.29, 0.717) is 50.8 Å². The van der Waals surface area contributed by atoms with Crippen LogP contribution < -0.4 is 15.4 Å². The van der Waals surface area contributed by atoms with Crippen molar-refractivity contribution in [1.29, 1.82) is 0 Å². The summed E-state index contributed by atoms with van der Waals surface area (Å²) in [6, 6.07) is 12.1. The lowest BCUT2D eigenvalue weighted by Crippen LogP contribution is -2.54. The second-order valence-corrected chi connectivity index (χ2v) is 17.3. The van der Waals surface area contributed by atoms with Crippen molar-refractivity contribution >= 4 is 45.6 Å². The maximum absolute atomic E-state index is 14.2. The molecule has 4 N–H and O–H groups in total. The van der Waals surface area contributed by atoms with Gasteiger partial charge in [-0.1, -0.05) is 32.0 Å². The van der Waals surface area contributed by atoms with Crippen LogP contribution in [0, 0.1) is 11.8 Å². The first-order chi connectivity index (χ1) is 30.8. The third-order valence-electron chi connectivity index (χ3n) is 13.1. The Morgan fingerprint density at radius 3 is 2.28 bits per heavy atom. The Balaban J connectivity index is 1.05. The standard InChI is InChI=1S/C47H58N8O9/c1-9-39(56)51-40(25(3)61-6)45(57)55-21-27(22-60-5)15-37(55)44-49-34-13-11-28-17-33-31-12-10-29(16-30(31)23-64-38(33)18-32(28)42(34)52-44)35-19-48-43(50-35)36-14-24(2)20-54(36)46(58)41(26(4)62-7)53-47(59)63-8/h10-13,16-19,24-27,36-37,40-41H,9,14-15,20-23H2,1-8H3,(H,48,50)(H,49,52)(H,51,56)(H,53,59)/t24-,25+,26+,27-,36-,37-,40-,41-/m0/s1. The SMILES string of the molecule is CCC(=O)N[C@H](C(=O)N1C[C@@H](COC)C[C@H]1c1nc2c(ccc3cc4c(cc32)OCc2cc(-c3cnc([C@@H]5C[C@H](C)CN5C(=O)[C@@H](NC(=O)OC)[C@@H](C)OC)[nH]3)ccc2-4)[nH]1)[C@@H](C)OC. The third kappa shape index (κ3) is 8.51. The van der Waals surface area contributed by atoms with E-state index in [0.717, 1.165) is 55.5 Å². The first kappa shape index (κ1) is 44.6. The number of methoxy groups -OCH3 is 4. The van der Waals surface area contributed by atoms with Gasteiger partial charge in [-0.2, -0.15) is 0 Å². The molecule has 17 heteroatoms. The van der Waals surface area contributed by atoms with Crippen LogP contribution in [-0.4, -0.2) is 126 Å². The number of likely N-dealkylation sites (tertiary alicyclic amines) is 2. The van der Waals surface area contributed by atoms with Crippen molar-refractivity contribution in [2.24, 2.45) is 11.8 Å². The van der Waals surface area contributed by atoms with Gasteiger partial charge in [-0.15, -0.1) is 0 Å². The molecule has 5 aromatic rings. The number of carbonyl (C=O) groups is 4. The third-order valence-corrected chi connectivity index (χ3v) is 13.1. The Hall–Kier alpha value is -6.04. The summed E-state index contributed by atoms with van der Waals surface area (Å²) in [5.74, 6) is 1.68. The summed E-state index contributed by atoms with van der Waals surface area (Å²) in [4.78, 5) is 73.2. The van der Waals surface area contributed by atoms with Gasteiger partial charge < -0.3 is 54.1 Å². The number of nitrogens with zero attached hydrogens (tertiary/aromatic N) is 4. The molecule has 3 aliphatic heterocycles. The van der Waals surface area contributed by atoms with Crippen LogP contribution in [-0.2, 0) is 39.9 Å². The number of carbonyl (C=O) groups excluding carboxylic acids is 4. The summed E-state index contributed by atoms with van der Waals surface area (Å²) >= 11 is 0. The highest BCUT2D eigenvalue weighted by atomic mass is 16.5. The number of hydrogen-bond acceptors (Lipinski definition) is 11. The molecule has 2 aromatic heterocycles. The molecule has 0 saturated carbocycles. The van der Waals surface area contributed by atoms with Crippen LogP contribution in [0.15, 0.2) is 48.7 Å². The van der Waals surface area contributed by atoms with Gasteiger partial charge in [0.15, 0.2) is 0 Å². The van der Waals surface area contributed by atoms with E-state index in [4.69, 9.17) is 33.7 Å². The average molecular weight is 879 g/mol. The second kappa shape index (κ2) is 18.6. The summed E-state index contributed by atoms with van der Waals surface area (Å²) in [5, 5.41) is 7.44. The molecule has 0 bridgehead atoms. The first-order valence-electron chi connectivity index (χ1n) is 21.9. The summed E-state index contributed by atoms with van der Waals surface area (Å²) in [6.45, 7) is 9.18. The number of fused-ring (bicyclic) bond motifs is 6. The van der Waals surface area contributed by atoms with E-state index in [1.165, 1.54) is 21.3 Å². The zero-order chi connectivity index (χ0) is 45.4. The lowest BCUT2D eigenvalue weighted by Gasteiger charge is -2.31. The number of nitrogens with one attached hydrogen (secondary N) is 4. The van der Waals surface area contributed by atoms with Crippen molar-refractivity contribution in [2.75, 3.05) is 48.1 Å². The average Bonchev–Trinajstić information content (AvgIpc) is 4.14. The predicted molar refractivity (Wildman–Crippen MR) is 238 cm³/mol. The molecule has 0 radical (unpaired) electrons. The number of ether oxygens (including phenoxy) is 5. The predicted octanol–water partition coefficient (Wildman–Crippen LogP) is 5.80. The number of aromatic amines is 2. The van der Waals surface area contributed by atoms with Crippen molar-refractivity contribution in [3.63, 3.8) is 0 Å². The minimum atomic E-state index is -0.927. The molecule has 3 aromatic carbocycles. The quantitative estimate of drug-likeness (QED) is 0.105. The number of alkyl carbamates (subject to hydrolysis) is 1. The molecular formula is C47H58N8O9. The summed E-state index contributed by atoms with van der Waals surface area (Å²) < 4.78 is 27.8. The lowest BCUT2D eigenvalue weighted by atomic mass is 9.92. The largest absolute Gasteiger partial charge is 0.488 e. The maximum atomic E-state index is 14.2. The van der Waals surface area contributed by atoms with Crippen LogP contribution in [0.3, 0.4) is 0 Å². The zero-order valence-corrected chi connectivity index (χ0v) is 37.7. The van der Waals surface area contributed by atoms with Crippen LogP contribution in [0.4, 0.5) is 4.79 Å². The number of amides is 4. The Labute approximate surface area is 371 Å². The highest BCUT2D eigenvalue weighted by molar-refractivity contribution is 6.07. The molecule has 64 heavy (non-hydrogen) atoms. The number of aromatic nitrogens is 4. The highest BCUT2D eigenvalue weighted by Gasteiger charge is 2.43. The van der Waals surface area contributed by atoms with Gasteiger partial charge >= 0.3 is 6.09 Å². The van der Waals surface area contributed by atoms with Crippen molar-refractivity contribution in [3.8, 4) is 28.1 Å². The van der Waals surface area contributed by atoms with Crippen LogP contribution in [0.25, 0.3) is 44.2 Å². The molecule has 0 aliphatic carbocycles. The number of hydrogen-bond donors (Lipinski definition) is 4. The monoisotopic (exact) mass is 878 g/mol. The lowest BCUT2D eigenvalue weighted by molar-refractivity contribution is -0.141. The second-order valence-electron chi connectivity index (χ2n) is 17.3. The fourth-order valence-corrected chi connectivity index (χ4v) is 9.47. The van der Waals surface area contributed by atoms with Gasteiger partial charge in [-0.3, -0.25) is 14.4 Å². The minimum absolute atomic E-state index is 0.0827. The summed E-state index contributed by atoms with van der Waals surface area (Å²) in [5.41, 5.74) is 6.41. The van der Waals surface area contributed by atoms with Gasteiger partial charge in [0.25, 0.3) is 0 Å². The van der Waals surface area contributed by atoms with Gasteiger partial charge in [0.1, 0.15) is 36.1 Å². The summed E-state index contributed by atoms with van der Waals surface area (Å²) in [6.07, 6.45) is 1.58. The van der Waals surface area contributed by atoms with E-state index in [2.05, 4.69) is 57.9 Å². The molecular weight excluding hydrogens is 821 g/mol. The molecule has 4 amide bonds. The number of benzene rings is 3. The molecule has 340 valence electrons. The molecule has 17 nitrogen and oxygen atoms in total. The Morgan fingerprint density at radius 1 is 0.859 bits per heavy atom. The van der Waals surface area contributed by atoms with Gasteiger partial charge in [0.2, 0.25) is 17.7 Å². The topological polar surface area (TPSA) is 202 Å². The number of imidazole rings is 2. The van der Waals surface area contributed by atoms with Gasteiger partial charge in [0, 0.05) is 57.7 Å². The van der Waals surface area contributed by atoms with Crippen LogP contribution in [0.1, 0.15) is 76.3 Å². The van der Waals surface area contributed by atoms with Crippen LogP contribution in [0.5, 0.6) is 5.75 Å². The fourth-order valence-electron chi connectivity index (χ4n) is 9.47. The van der Waals surface area contributed by atoms with Crippen LogP contribution >= 0.6 is 0 Å². The Kier molecular flexibility index (Phi) is 12.9. The smallest absolute Gasteiger partial charge is 0.407 e. The van der Waals surface area contributed by atoms with Gasteiger partial charge in [-0.05, 0) is 78.9 Å². The molecule has 5 heterocycles. The molecule has 2 fully saturated rings. The van der Waals surface area contributed by atoms with E-state index >= 15 is 0 Å². The fraction of sp³-hybridized carbons (Fsp3) is 0.489. The van der Waals surface area contributed by atoms with Crippen molar-refractivity contribution < 1.29 is 42.9 Å². The summed E-state index contributed by atoms with van der Waals surface area (Å²) in [7, 11) is 5.95. The number of H-pyrrole nitrogens is 2. The van der Waals surface area contributed by atoms with E-state index in [-0.39, 0.29) is 48.1 Å². The van der Waals surface area contributed by atoms with E-state index < -0.39 is 30.4 Å². The van der Waals surface area contributed by atoms with Crippen LogP contribution in [0.2, 0.25) is 0 Å². The molecule has 0 unspecified atom stereocenters. The zero-order valence-electron chi connectivity index (χ0n) is 37.7. The van der Waals surface area contributed by atoms with E-state index in [1.807, 2.05) is 12.1 Å². The van der Waals surface area contributed by atoms with E-state index in [9.17, 15) is 19.2 Å². The molecule has 8 rings (SSSR count). The van der Waals surface area contributed by atoms with Gasteiger partial charge in [-0.25, -0.2) is 14.8 Å². The Bertz CT molecular complexity index is 2560. The normalized spacial score (nSPS) is 21.2.